The number of imidazole rings is 1. The molecule has 0 aromatic carbocycles. The number of hydrogen-bond donors (Lipinski definition) is 7. The predicted octanol–water partition coefficient (Wildman–Crippen LogP) is -2.76. The number of H-pyrrole nitrogens is 1. The fourth-order valence-corrected chi connectivity index (χ4v) is 3.73. The van der Waals surface area contributed by atoms with Gasteiger partial charge in [-0.1, -0.05) is 13.8 Å². The molecule has 10 N–H and O–H groups in total. The molecule has 1 fully saturated rings. The molecule has 0 saturated carbocycles. The normalized spacial score (nSPS) is 23.1. The highest BCUT2D eigenvalue weighted by atomic mass is 16.2. The zero-order chi connectivity index (χ0) is 26.0. The highest BCUT2D eigenvalue weighted by Crippen LogP contribution is 2.07. The van der Waals surface area contributed by atoms with E-state index in [1.165, 1.54) is 6.33 Å². The van der Waals surface area contributed by atoms with E-state index in [-0.39, 0.29) is 12.3 Å². The Morgan fingerprint density at radius 2 is 1.86 bits per heavy atom. The Balaban J connectivity index is 2.22. The molecule has 0 radical (unpaired) electrons. The molecule has 4 atom stereocenters. The van der Waals surface area contributed by atoms with Gasteiger partial charge < -0.3 is 37.7 Å². The third-order valence-electron chi connectivity index (χ3n) is 5.67. The first-order valence-electron chi connectivity index (χ1n) is 11.8. The van der Waals surface area contributed by atoms with Crippen LogP contribution in [-0.2, 0) is 30.4 Å². The van der Waals surface area contributed by atoms with E-state index in [0.717, 1.165) is 0 Å². The number of hydrogen-bond acceptors (Lipinski definition) is 6. The van der Waals surface area contributed by atoms with Crippen molar-refractivity contribution in [2.24, 2.45) is 11.7 Å². The largest absolute Gasteiger partial charge is 0.368 e. The number of aromatic amines is 1. The van der Waals surface area contributed by atoms with E-state index in [1.54, 1.807) is 6.20 Å². The average molecular weight is 494 g/mol. The van der Waals surface area contributed by atoms with E-state index in [2.05, 4.69) is 37.0 Å². The second-order valence-corrected chi connectivity index (χ2v) is 9.24. The van der Waals surface area contributed by atoms with Crippen LogP contribution in [0.1, 0.15) is 51.6 Å². The van der Waals surface area contributed by atoms with E-state index >= 15 is 0 Å². The molecule has 0 bridgehead atoms. The predicted molar refractivity (Wildman–Crippen MR) is 125 cm³/mol. The van der Waals surface area contributed by atoms with Crippen molar-refractivity contribution in [2.45, 2.75) is 76.5 Å². The van der Waals surface area contributed by atoms with Crippen LogP contribution in [0.15, 0.2) is 12.5 Å². The Labute approximate surface area is 203 Å². The zero-order valence-corrected chi connectivity index (χ0v) is 20.3. The summed E-state index contributed by atoms with van der Waals surface area (Å²) in [6.45, 7) is 4.15. The monoisotopic (exact) mass is 493 g/mol. The first-order chi connectivity index (χ1) is 16.6. The lowest BCUT2D eigenvalue weighted by atomic mass is 10.0. The Morgan fingerprint density at radius 1 is 1.14 bits per heavy atom. The van der Waals surface area contributed by atoms with Gasteiger partial charge in [0.05, 0.1) is 12.7 Å². The van der Waals surface area contributed by atoms with Gasteiger partial charge in [0.1, 0.15) is 18.1 Å². The van der Waals surface area contributed by atoms with E-state index in [0.29, 0.717) is 37.9 Å². The van der Waals surface area contributed by atoms with Crippen LogP contribution in [0.2, 0.25) is 0 Å². The maximum Gasteiger partial charge on any atom is 0.278 e. The number of rotatable bonds is 8. The van der Waals surface area contributed by atoms with Crippen molar-refractivity contribution in [1.82, 2.24) is 31.2 Å². The van der Waals surface area contributed by atoms with Gasteiger partial charge in [-0.05, 0) is 25.2 Å². The lowest BCUT2D eigenvalue weighted by molar-refractivity contribution is -0.405. The molecule has 0 spiro atoms. The van der Waals surface area contributed by atoms with E-state index in [4.69, 9.17) is 5.73 Å². The van der Waals surface area contributed by atoms with Crippen molar-refractivity contribution in [1.29, 1.82) is 0 Å². The molecule has 1 aliphatic heterocycles. The summed E-state index contributed by atoms with van der Waals surface area (Å²) < 4.78 is 0. The van der Waals surface area contributed by atoms with Gasteiger partial charge in [-0.3, -0.25) is 24.0 Å². The Kier molecular flexibility index (Phi) is 10.6. The summed E-state index contributed by atoms with van der Waals surface area (Å²) in [7, 11) is 0. The number of nitrogens with one attached hydrogen (secondary N) is 5. The highest BCUT2D eigenvalue weighted by Gasteiger charge is 2.32. The summed E-state index contributed by atoms with van der Waals surface area (Å²) in [6.07, 6.45) is 4.78. The molecule has 2 heterocycles. The Morgan fingerprint density at radius 3 is 2.49 bits per heavy atom. The van der Waals surface area contributed by atoms with Gasteiger partial charge in [0.25, 0.3) is 5.91 Å². The molecule has 1 aromatic rings. The SMILES string of the molecule is CC(C)C[C@H](NC(=O)C[C@H]1NC(=O)[C@@H]([NH3+])CCCCNC(=O)[C@H](Cc2cnc[nH]2)NC1=O)C(N)=O. The number of carbonyl (C=O) groups is 5. The molecular weight excluding hydrogens is 456 g/mol. The first-order valence-corrected chi connectivity index (χ1v) is 11.8. The molecule has 1 aromatic heterocycles. The molecule has 194 valence electrons. The maximum absolute atomic E-state index is 13.2. The van der Waals surface area contributed by atoms with Crippen molar-refractivity contribution in [3.63, 3.8) is 0 Å². The van der Waals surface area contributed by atoms with Crippen LogP contribution < -0.4 is 32.7 Å². The molecule has 0 aliphatic carbocycles. The third-order valence-corrected chi connectivity index (χ3v) is 5.67. The van der Waals surface area contributed by atoms with Crippen LogP contribution in [0.25, 0.3) is 0 Å². The molecule has 13 nitrogen and oxygen atoms in total. The van der Waals surface area contributed by atoms with Crippen molar-refractivity contribution in [3.8, 4) is 0 Å². The number of nitrogens with two attached hydrogens (primary N) is 1. The van der Waals surface area contributed by atoms with Crippen LogP contribution in [-0.4, -0.2) is 70.2 Å². The van der Waals surface area contributed by atoms with Gasteiger partial charge in [0, 0.05) is 31.3 Å². The third kappa shape index (κ3) is 9.35. The van der Waals surface area contributed by atoms with Gasteiger partial charge in [0.15, 0.2) is 6.04 Å². The van der Waals surface area contributed by atoms with E-state index in [9.17, 15) is 24.0 Å². The minimum absolute atomic E-state index is 0.0924. The molecule has 1 aliphatic rings. The summed E-state index contributed by atoms with van der Waals surface area (Å²) in [5.41, 5.74) is 9.88. The molecule has 13 heteroatoms. The number of nitrogens with zero attached hydrogens (tertiary/aromatic N) is 1. The summed E-state index contributed by atoms with van der Waals surface area (Å²) >= 11 is 0. The number of primary amides is 1. The zero-order valence-electron chi connectivity index (χ0n) is 20.3. The highest BCUT2D eigenvalue weighted by molar-refractivity contribution is 5.96. The lowest BCUT2D eigenvalue weighted by Gasteiger charge is -2.24. The van der Waals surface area contributed by atoms with Gasteiger partial charge in [-0.25, -0.2) is 4.98 Å². The van der Waals surface area contributed by atoms with Crippen LogP contribution in [0.5, 0.6) is 0 Å². The topological polar surface area (TPSA) is 216 Å². The fraction of sp³-hybridized carbons (Fsp3) is 0.636. The molecule has 2 rings (SSSR count). The lowest BCUT2D eigenvalue weighted by Crippen LogP contribution is -2.69. The Bertz CT molecular complexity index is 888. The molecule has 35 heavy (non-hydrogen) atoms. The maximum atomic E-state index is 13.2. The molecule has 1 saturated heterocycles. The molecule has 0 unspecified atom stereocenters. The number of amides is 5. The smallest absolute Gasteiger partial charge is 0.278 e. The minimum atomic E-state index is -1.28. The van der Waals surface area contributed by atoms with Crippen LogP contribution >= 0.6 is 0 Å². The van der Waals surface area contributed by atoms with Gasteiger partial charge in [-0.15, -0.1) is 0 Å². The van der Waals surface area contributed by atoms with Crippen LogP contribution in [0, 0.1) is 5.92 Å². The van der Waals surface area contributed by atoms with E-state index in [1.807, 2.05) is 13.8 Å². The number of aromatic nitrogens is 2. The average Bonchev–Trinajstić information content (AvgIpc) is 3.29. The van der Waals surface area contributed by atoms with Crippen molar-refractivity contribution in [3.05, 3.63) is 18.2 Å². The molecular formula is C22H37N8O5+. The number of quaternary nitrogens is 1. The van der Waals surface area contributed by atoms with E-state index < -0.39 is 60.1 Å². The first kappa shape index (κ1) is 27.8. The second kappa shape index (κ2) is 13.4. The summed E-state index contributed by atoms with van der Waals surface area (Å²) in [5, 5.41) is 10.6. The fourth-order valence-electron chi connectivity index (χ4n) is 3.73. The van der Waals surface area contributed by atoms with Crippen LogP contribution in [0.3, 0.4) is 0 Å². The van der Waals surface area contributed by atoms with Crippen LogP contribution in [0.4, 0.5) is 0 Å². The van der Waals surface area contributed by atoms with Crippen molar-refractivity contribution in [2.75, 3.05) is 6.54 Å². The summed E-state index contributed by atoms with van der Waals surface area (Å²) in [6, 6.07) is -3.78. The van der Waals surface area contributed by atoms with Gasteiger partial charge >= 0.3 is 0 Å². The minimum Gasteiger partial charge on any atom is -0.368 e. The van der Waals surface area contributed by atoms with Crippen molar-refractivity contribution < 1.29 is 29.7 Å². The second-order valence-electron chi connectivity index (χ2n) is 9.24. The molecule has 5 amide bonds. The summed E-state index contributed by atoms with van der Waals surface area (Å²) in [5.74, 6) is -2.80. The summed E-state index contributed by atoms with van der Waals surface area (Å²) in [4.78, 5) is 69.9. The van der Waals surface area contributed by atoms with Gasteiger partial charge in [0.2, 0.25) is 23.6 Å². The van der Waals surface area contributed by atoms with Gasteiger partial charge in [-0.2, -0.15) is 0 Å². The quantitative estimate of drug-likeness (QED) is 0.203. The standard InChI is InChI=1S/C22H36N8O5/c1-12(2)7-15(19(24)32)28-18(31)9-17-22(35)30-16(8-13-10-25-11-27-13)21(34)26-6-4-3-5-14(23)20(33)29-17/h10-12,14-17H,3-9,23H2,1-2H3,(H2,24,32)(H,25,27)(H,26,34)(H,28,31)(H,29,33)(H,30,35)/p+1/t14-,15-,16-,17+/m0/s1. The van der Waals surface area contributed by atoms with Crippen molar-refractivity contribution >= 4 is 29.5 Å². The Hall–Kier alpha value is -3.48. The number of carbonyl (C=O) groups excluding carboxylic acids is 5.